The highest BCUT2D eigenvalue weighted by Gasteiger charge is 2.13. The lowest BCUT2D eigenvalue weighted by Crippen LogP contribution is -2.07. The fourth-order valence-corrected chi connectivity index (χ4v) is 1.87. The standard InChI is InChI=1S/C16H16O2/c17-12-7-13-18-16(14-8-3-1-4-9-14)15-10-5-2-6-11-15/h1-6,8-12,16H,7,13H2. The van der Waals surface area contributed by atoms with Gasteiger partial charge in [-0.05, 0) is 11.1 Å². The smallest absolute Gasteiger partial charge is 0.122 e. The fourth-order valence-electron chi connectivity index (χ4n) is 1.87. The zero-order valence-corrected chi connectivity index (χ0v) is 10.2. The molecule has 18 heavy (non-hydrogen) atoms. The SMILES string of the molecule is O=CCCOC(c1ccccc1)c1ccccc1. The molecule has 0 radical (unpaired) electrons. The van der Waals surface area contributed by atoms with E-state index in [0.717, 1.165) is 17.4 Å². The average molecular weight is 240 g/mol. The molecule has 0 aromatic heterocycles. The molecule has 0 saturated carbocycles. The van der Waals surface area contributed by atoms with Gasteiger partial charge in [0.1, 0.15) is 12.4 Å². The quantitative estimate of drug-likeness (QED) is 0.571. The lowest BCUT2D eigenvalue weighted by molar-refractivity contribution is -0.109. The Bertz CT molecular complexity index is 425. The Hall–Kier alpha value is -1.93. The zero-order chi connectivity index (χ0) is 12.6. The molecule has 0 aliphatic heterocycles. The molecule has 0 unspecified atom stereocenters. The largest absolute Gasteiger partial charge is 0.368 e. The van der Waals surface area contributed by atoms with Crippen molar-refractivity contribution in [2.24, 2.45) is 0 Å². The van der Waals surface area contributed by atoms with Crippen LogP contribution in [0.4, 0.5) is 0 Å². The van der Waals surface area contributed by atoms with Crippen molar-refractivity contribution in [3.63, 3.8) is 0 Å². The lowest BCUT2D eigenvalue weighted by atomic mass is 10.0. The summed E-state index contributed by atoms with van der Waals surface area (Å²) in [5, 5.41) is 0. The summed E-state index contributed by atoms with van der Waals surface area (Å²) in [6.45, 7) is 0.442. The van der Waals surface area contributed by atoms with Gasteiger partial charge in [-0.25, -0.2) is 0 Å². The van der Waals surface area contributed by atoms with Gasteiger partial charge in [-0.15, -0.1) is 0 Å². The van der Waals surface area contributed by atoms with E-state index < -0.39 is 0 Å². The number of rotatable bonds is 6. The first-order chi connectivity index (χ1) is 8.92. The Kier molecular flexibility index (Phi) is 4.68. The zero-order valence-electron chi connectivity index (χ0n) is 10.2. The van der Waals surface area contributed by atoms with E-state index in [-0.39, 0.29) is 6.10 Å². The van der Waals surface area contributed by atoms with Crippen LogP contribution in [0.15, 0.2) is 60.7 Å². The van der Waals surface area contributed by atoms with E-state index in [2.05, 4.69) is 0 Å². The molecular weight excluding hydrogens is 224 g/mol. The van der Waals surface area contributed by atoms with Crippen LogP contribution in [-0.4, -0.2) is 12.9 Å². The molecule has 0 saturated heterocycles. The maximum atomic E-state index is 10.4. The highest BCUT2D eigenvalue weighted by molar-refractivity contribution is 5.49. The first-order valence-corrected chi connectivity index (χ1v) is 6.07. The number of carbonyl (C=O) groups is 1. The minimum Gasteiger partial charge on any atom is -0.368 e. The van der Waals surface area contributed by atoms with Crippen LogP contribution in [0.25, 0.3) is 0 Å². The molecule has 0 N–H and O–H groups in total. The summed E-state index contributed by atoms with van der Waals surface area (Å²) in [5.74, 6) is 0. The minimum absolute atomic E-state index is 0.104. The molecule has 2 rings (SSSR count). The van der Waals surface area contributed by atoms with E-state index in [1.165, 1.54) is 0 Å². The van der Waals surface area contributed by atoms with Gasteiger partial charge in [0.25, 0.3) is 0 Å². The maximum Gasteiger partial charge on any atom is 0.122 e. The predicted octanol–water partition coefficient (Wildman–Crippen LogP) is 3.38. The monoisotopic (exact) mass is 240 g/mol. The van der Waals surface area contributed by atoms with E-state index in [9.17, 15) is 4.79 Å². The summed E-state index contributed by atoms with van der Waals surface area (Å²) in [7, 11) is 0. The number of ether oxygens (including phenoxy) is 1. The Morgan fingerprint density at radius 1 is 0.889 bits per heavy atom. The van der Waals surface area contributed by atoms with Crippen molar-refractivity contribution in [2.75, 3.05) is 6.61 Å². The second-order valence-corrected chi connectivity index (χ2v) is 4.03. The van der Waals surface area contributed by atoms with E-state index in [4.69, 9.17) is 4.74 Å². The summed E-state index contributed by atoms with van der Waals surface area (Å²) < 4.78 is 5.82. The van der Waals surface area contributed by atoms with E-state index in [1.54, 1.807) is 0 Å². The molecule has 0 aliphatic carbocycles. The van der Waals surface area contributed by atoms with Gasteiger partial charge >= 0.3 is 0 Å². The predicted molar refractivity (Wildman–Crippen MR) is 71.4 cm³/mol. The summed E-state index contributed by atoms with van der Waals surface area (Å²) in [6.07, 6.45) is 1.20. The van der Waals surface area contributed by atoms with Crippen LogP contribution in [0.1, 0.15) is 23.7 Å². The summed E-state index contributed by atoms with van der Waals surface area (Å²) >= 11 is 0. The van der Waals surface area contributed by atoms with Gasteiger partial charge in [-0.3, -0.25) is 0 Å². The third-order valence-corrected chi connectivity index (χ3v) is 2.72. The van der Waals surface area contributed by atoms with E-state index in [1.807, 2.05) is 60.7 Å². The topological polar surface area (TPSA) is 26.3 Å². The van der Waals surface area contributed by atoms with Gasteiger partial charge in [-0.2, -0.15) is 0 Å². The highest BCUT2D eigenvalue weighted by atomic mass is 16.5. The molecule has 0 heterocycles. The molecule has 0 bridgehead atoms. The van der Waals surface area contributed by atoms with Gasteiger partial charge in [-0.1, -0.05) is 60.7 Å². The third-order valence-electron chi connectivity index (χ3n) is 2.72. The molecule has 2 heteroatoms. The fraction of sp³-hybridized carbons (Fsp3) is 0.188. The Morgan fingerprint density at radius 3 is 1.83 bits per heavy atom. The van der Waals surface area contributed by atoms with Gasteiger partial charge in [0, 0.05) is 6.42 Å². The molecule has 0 amide bonds. The number of benzene rings is 2. The van der Waals surface area contributed by atoms with Crippen LogP contribution in [0.3, 0.4) is 0 Å². The van der Waals surface area contributed by atoms with Crippen LogP contribution in [0.5, 0.6) is 0 Å². The van der Waals surface area contributed by atoms with Crippen LogP contribution in [0, 0.1) is 0 Å². The van der Waals surface area contributed by atoms with E-state index in [0.29, 0.717) is 13.0 Å². The van der Waals surface area contributed by atoms with E-state index >= 15 is 0 Å². The second kappa shape index (κ2) is 6.72. The molecular formula is C16H16O2. The lowest BCUT2D eigenvalue weighted by Gasteiger charge is -2.18. The van der Waals surface area contributed by atoms with Crippen LogP contribution in [0.2, 0.25) is 0 Å². The molecule has 2 aromatic rings. The average Bonchev–Trinajstić information content (AvgIpc) is 2.46. The van der Waals surface area contributed by atoms with Gasteiger partial charge in [0.15, 0.2) is 0 Å². The molecule has 0 spiro atoms. The molecule has 0 fully saturated rings. The summed E-state index contributed by atoms with van der Waals surface area (Å²) in [5.41, 5.74) is 2.21. The van der Waals surface area contributed by atoms with Crippen molar-refractivity contribution in [1.29, 1.82) is 0 Å². The van der Waals surface area contributed by atoms with Gasteiger partial charge < -0.3 is 9.53 Å². The molecule has 92 valence electrons. The highest BCUT2D eigenvalue weighted by Crippen LogP contribution is 2.25. The van der Waals surface area contributed by atoms with Gasteiger partial charge in [0.05, 0.1) is 6.61 Å². The van der Waals surface area contributed by atoms with Crippen molar-refractivity contribution >= 4 is 6.29 Å². The Labute approximate surface area is 107 Å². The minimum atomic E-state index is -0.104. The Balaban J connectivity index is 2.21. The summed E-state index contributed by atoms with van der Waals surface area (Å²) in [4.78, 5) is 10.4. The van der Waals surface area contributed by atoms with Crippen LogP contribution in [-0.2, 0) is 9.53 Å². The van der Waals surface area contributed by atoms with Crippen LogP contribution < -0.4 is 0 Å². The number of hydrogen-bond donors (Lipinski definition) is 0. The molecule has 2 nitrogen and oxygen atoms in total. The number of carbonyl (C=O) groups excluding carboxylic acids is 1. The normalized spacial score (nSPS) is 10.5. The number of aldehydes is 1. The van der Waals surface area contributed by atoms with Gasteiger partial charge in [0.2, 0.25) is 0 Å². The third kappa shape index (κ3) is 3.28. The van der Waals surface area contributed by atoms with Crippen molar-refractivity contribution in [3.8, 4) is 0 Å². The maximum absolute atomic E-state index is 10.4. The van der Waals surface area contributed by atoms with Crippen LogP contribution >= 0.6 is 0 Å². The van der Waals surface area contributed by atoms with Crippen molar-refractivity contribution in [2.45, 2.75) is 12.5 Å². The molecule has 0 aliphatic rings. The molecule has 2 aromatic carbocycles. The Morgan fingerprint density at radius 2 is 1.39 bits per heavy atom. The first-order valence-electron chi connectivity index (χ1n) is 6.07. The van der Waals surface area contributed by atoms with Crippen molar-refractivity contribution in [3.05, 3.63) is 71.8 Å². The second-order valence-electron chi connectivity index (χ2n) is 4.03. The molecule has 0 atom stereocenters. The first kappa shape index (κ1) is 12.5. The van der Waals surface area contributed by atoms with Crippen molar-refractivity contribution in [1.82, 2.24) is 0 Å². The number of hydrogen-bond acceptors (Lipinski definition) is 2. The van der Waals surface area contributed by atoms with Crippen molar-refractivity contribution < 1.29 is 9.53 Å². The summed E-state index contributed by atoms with van der Waals surface area (Å²) in [6, 6.07) is 20.1.